The molecule has 0 N–H and O–H groups in total. The molecule has 0 unspecified atom stereocenters. The number of pyridine rings is 1. The van der Waals surface area contributed by atoms with Crippen LogP contribution in [0.1, 0.15) is 41.9 Å². The molecule has 1 aliphatic heterocycles. The maximum Gasteiger partial charge on any atom is 0.255 e. The quantitative estimate of drug-likeness (QED) is 0.822. The zero-order valence-electron chi connectivity index (χ0n) is 14.4. The number of thiophene rings is 1. The molecule has 0 spiro atoms. The first-order valence-electron chi connectivity index (χ1n) is 8.70. The second-order valence-electron chi connectivity index (χ2n) is 6.47. The molecule has 4 nitrogen and oxygen atoms in total. The van der Waals surface area contributed by atoms with Gasteiger partial charge in [-0.1, -0.05) is 13.0 Å². The zero-order chi connectivity index (χ0) is 16.9. The summed E-state index contributed by atoms with van der Waals surface area (Å²) in [6.07, 6.45) is 3.93. The molecule has 1 aliphatic rings. The summed E-state index contributed by atoms with van der Waals surface area (Å²) in [5, 5.41) is 2.10. The van der Waals surface area contributed by atoms with E-state index in [1.807, 2.05) is 17.0 Å². The largest absolute Gasteiger partial charge is 0.352 e. The molecular formula is C19H25N3OS. The smallest absolute Gasteiger partial charge is 0.255 e. The lowest BCUT2D eigenvalue weighted by Crippen LogP contribution is -2.38. The minimum atomic E-state index is 0.113. The summed E-state index contributed by atoms with van der Waals surface area (Å²) in [5.74, 6) is 1.77. The standard InChI is InChI=1S/C19H25N3OS/c1-3-21(14-17-5-4-12-24-17)18-7-6-16(13-20-18)19(23)22-10-8-15(2)9-11-22/h4-7,12-13,15H,3,8-11,14H2,1-2H3. The molecule has 24 heavy (non-hydrogen) atoms. The number of carbonyl (C=O) groups excluding carboxylic acids is 1. The van der Waals surface area contributed by atoms with E-state index in [-0.39, 0.29) is 5.91 Å². The van der Waals surface area contributed by atoms with Gasteiger partial charge in [0.05, 0.1) is 12.1 Å². The van der Waals surface area contributed by atoms with Crippen LogP contribution >= 0.6 is 11.3 Å². The number of rotatable bonds is 5. The lowest BCUT2D eigenvalue weighted by atomic mass is 9.99. The molecule has 1 saturated heterocycles. The van der Waals surface area contributed by atoms with E-state index in [9.17, 15) is 4.79 Å². The Morgan fingerprint density at radius 3 is 2.71 bits per heavy atom. The first-order chi connectivity index (χ1) is 11.7. The molecule has 0 aromatic carbocycles. The van der Waals surface area contributed by atoms with Gasteiger partial charge in [0, 0.05) is 30.7 Å². The molecule has 2 aromatic rings. The molecule has 3 heterocycles. The van der Waals surface area contributed by atoms with Gasteiger partial charge in [0.15, 0.2) is 0 Å². The van der Waals surface area contributed by atoms with Gasteiger partial charge >= 0.3 is 0 Å². The Labute approximate surface area is 148 Å². The van der Waals surface area contributed by atoms with Gasteiger partial charge in [-0.3, -0.25) is 4.79 Å². The minimum Gasteiger partial charge on any atom is -0.352 e. The van der Waals surface area contributed by atoms with Gasteiger partial charge in [-0.15, -0.1) is 11.3 Å². The van der Waals surface area contributed by atoms with Crippen LogP contribution in [0.25, 0.3) is 0 Å². The van der Waals surface area contributed by atoms with Crippen molar-refractivity contribution in [3.05, 3.63) is 46.3 Å². The fraction of sp³-hybridized carbons (Fsp3) is 0.474. The van der Waals surface area contributed by atoms with Crippen molar-refractivity contribution in [2.75, 3.05) is 24.5 Å². The SMILES string of the molecule is CCN(Cc1cccs1)c1ccc(C(=O)N2CCC(C)CC2)cn1. The molecule has 1 fully saturated rings. The van der Waals surface area contributed by atoms with E-state index in [2.05, 4.69) is 41.2 Å². The Hall–Kier alpha value is -1.88. The molecule has 3 rings (SSSR count). The highest BCUT2D eigenvalue weighted by molar-refractivity contribution is 7.09. The van der Waals surface area contributed by atoms with E-state index < -0.39 is 0 Å². The lowest BCUT2D eigenvalue weighted by molar-refractivity contribution is 0.0697. The van der Waals surface area contributed by atoms with E-state index in [4.69, 9.17) is 0 Å². The molecule has 0 aliphatic carbocycles. The molecule has 2 aromatic heterocycles. The fourth-order valence-corrected chi connectivity index (χ4v) is 3.76. The van der Waals surface area contributed by atoms with Gasteiger partial charge < -0.3 is 9.80 Å². The van der Waals surface area contributed by atoms with Crippen molar-refractivity contribution in [3.63, 3.8) is 0 Å². The molecule has 5 heteroatoms. The van der Waals surface area contributed by atoms with Gasteiger partial charge in [0.25, 0.3) is 5.91 Å². The van der Waals surface area contributed by atoms with E-state index in [0.29, 0.717) is 5.56 Å². The zero-order valence-corrected chi connectivity index (χ0v) is 15.3. The molecule has 0 bridgehead atoms. The van der Waals surface area contributed by atoms with E-state index in [1.54, 1.807) is 17.5 Å². The average molecular weight is 343 g/mol. The van der Waals surface area contributed by atoms with Crippen molar-refractivity contribution in [1.82, 2.24) is 9.88 Å². The van der Waals surface area contributed by atoms with Crippen molar-refractivity contribution in [2.24, 2.45) is 5.92 Å². The van der Waals surface area contributed by atoms with Crippen molar-refractivity contribution in [1.29, 1.82) is 0 Å². The van der Waals surface area contributed by atoms with Crippen molar-refractivity contribution < 1.29 is 4.79 Å². The summed E-state index contributed by atoms with van der Waals surface area (Å²) in [7, 11) is 0. The summed E-state index contributed by atoms with van der Waals surface area (Å²) in [6.45, 7) is 7.86. The minimum absolute atomic E-state index is 0.113. The first kappa shape index (κ1) is 17.0. The Balaban J connectivity index is 1.66. The van der Waals surface area contributed by atoms with Crippen molar-refractivity contribution in [3.8, 4) is 0 Å². The van der Waals surface area contributed by atoms with Crippen LogP contribution in [-0.2, 0) is 6.54 Å². The fourth-order valence-electron chi connectivity index (χ4n) is 3.04. The van der Waals surface area contributed by atoms with E-state index >= 15 is 0 Å². The van der Waals surface area contributed by atoms with Crippen LogP contribution in [0.15, 0.2) is 35.8 Å². The second-order valence-corrected chi connectivity index (χ2v) is 7.51. The van der Waals surface area contributed by atoms with Gasteiger partial charge in [-0.05, 0) is 49.3 Å². The molecular weight excluding hydrogens is 318 g/mol. The number of hydrogen-bond donors (Lipinski definition) is 0. The first-order valence-corrected chi connectivity index (χ1v) is 9.58. The number of hydrogen-bond acceptors (Lipinski definition) is 4. The Morgan fingerprint density at radius 1 is 1.33 bits per heavy atom. The number of anilines is 1. The Kier molecular flexibility index (Phi) is 5.51. The highest BCUT2D eigenvalue weighted by atomic mass is 32.1. The Bertz CT molecular complexity index is 646. The van der Waals surface area contributed by atoms with Crippen LogP contribution in [0.4, 0.5) is 5.82 Å². The number of nitrogens with zero attached hydrogens (tertiary/aromatic N) is 3. The van der Waals surface area contributed by atoms with Gasteiger partial charge in [0.1, 0.15) is 5.82 Å². The maximum absolute atomic E-state index is 12.6. The third-order valence-corrected chi connectivity index (χ3v) is 5.56. The number of carbonyl (C=O) groups is 1. The monoisotopic (exact) mass is 343 g/mol. The summed E-state index contributed by atoms with van der Waals surface area (Å²) in [5.41, 5.74) is 0.695. The third-order valence-electron chi connectivity index (χ3n) is 4.70. The van der Waals surface area contributed by atoms with Crippen LogP contribution in [0.5, 0.6) is 0 Å². The van der Waals surface area contributed by atoms with Crippen LogP contribution in [0.3, 0.4) is 0 Å². The lowest BCUT2D eigenvalue weighted by Gasteiger charge is -2.30. The summed E-state index contributed by atoms with van der Waals surface area (Å²) in [6, 6.07) is 8.10. The van der Waals surface area contributed by atoms with Crippen LogP contribution < -0.4 is 4.90 Å². The molecule has 0 atom stereocenters. The number of amides is 1. The molecule has 1 amide bonds. The average Bonchev–Trinajstić information content (AvgIpc) is 3.13. The highest BCUT2D eigenvalue weighted by Gasteiger charge is 2.21. The van der Waals surface area contributed by atoms with Crippen molar-refractivity contribution >= 4 is 23.1 Å². The topological polar surface area (TPSA) is 36.4 Å². The highest BCUT2D eigenvalue weighted by Crippen LogP contribution is 2.20. The van der Waals surface area contributed by atoms with E-state index in [0.717, 1.165) is 50.8 Å². The third kappa shape index (κ3) is 3.96. The summed E-state index contributed by atoms with van der Waals surface area (Å²) < 4.78 is 0. The van der Waals surface area contributed by atoms with Crippen LogP contribution in [0, 0.1) is 5.92 Å². The van der Waals surface area contributed by atoms with Gasteiger partial charge in [0.2, 0.25) is 0 Å². The number of piperidine rings is 1. The van der Waals surface area contributed by atoms with Gasteiger partial charge in [-0.2, -0.15) is 0 Å². The molecule has 0 radical (unpaired) electrons. The molecule has 128 valence electrons. The Morgan fingerprint density at radius 2 is 2.12 bits per heavy atom. The second kappa shape index (κ2) is 7.79. The molecule has 0 saturated carbocycles. The summed E-state index contributed by atoms with van der Waals surface area (Å²) >= 11 is 1.76. The van der Waals surface area contributed by atoms with Crippen LogP contribution in [0.2, 0.25) is 0 Å². The number of likely N-dealkylation sites (tertiary alicyclic amines) is 1. The van der Waals surface area contributed by atoms with Crippen LogP contribution in [-0.4, -0.2) is 35.4 Å². The number of aromatic nitrogens is 1. The predicted molar refractivity (Wildman–Crippen MR) is 99.6 cm³/mol. The van der Waals surface area contributed by atoms with Gasteiger partial charge in [-0.25, -0.2) is 4.98 Å². The van der Waals surface area contributed by atoms with E-state index in [1.165, 1.54) is 4.88 Å². The van der Waals surface area contributed by atoms with Crippen molar-refractivity contribution in [2.45, 2.75) is 33.2 Å². The predicted octanol–water partition coefficient (Wildman–Crippen LogP) is 4.04. The maximum atomic E-state index is 12.6. The summed E-state index contributed by atoms with van der Waals surface area (Å²) in [4.78, 5) is 22.6. The normalized spacial score (nSPS) is 15.5.